The van der Waals surface area contributed by atoms with E-state index < -0.39 is 0 Å². The van der Waals surface area contributed by atoms with Gasteiger partial charge in [-0.1, -0.05) is 40.0 Å². The zero-order valence-corrected chi connectivity index (χ0v) is 15.3. The molecule has 106 valence electrons. The second kappa shape index (κ2) is 11.9. The quantitative estimate of drug-likeness (QED) is 0.547. The van der Waals surface area contributed by atoms with Crippen molar-refractivity contribution in [2.75, 3.05) is 7.05 Å². The Kier molecular flexibility index (Phi) is 15.2. The zero-order chi connectivity index (χ0) is 12.6. The topological polar surface area (TPSA) is 46.2 Å². The van der Waals surface area contributed by atoms with Crippen molar-refractivity contribution >= 4 is 12.2 Å². The SMILES string of the molecule is CC(C)(C)C(=O)C1CCCCC1.CN[C-]=O.[CH3-].[W+2]. The van der Waals surface area contributed by atoms with Crippen molar-refractivity contribution in [3.05, 3.63) is 7.43 Å². The van der Waals surface area contributed by atoms with Gasteiger partial charge in [-0.15, -0.1) is 0 Å². The molecule has 0 aromatic rings. The third-order valence-electron chi connectivity index (χ3n) is 2.82. The van der Waals surface area contributed by atoms with Gasteiger partial charge in [0.25, 0.3) is 0 Å². The Morgan fingerprint density at radius 3 is 1.83 bits per heavy atom. The van der Waals surface area contributed by atoms with Crippen LogP contribution in [0.15, 0.2) is 0 Å². The zero-order valence-electron chi connectivity index (χ0n) is 12.3. The Morgan fingerprint density at radius 2 is 1.56 bits per heavy atom. The molecule has 0 aliphatic heterocycles. The summed E-state index contributed by atoms with van der Waals surface area (Å²) in [7, 11) is 1.51. The molecule has 4 heteroatoms. The molecular formula is C14H27NO2W. The number of ketones is 1. The molecule has 0 aromatic heterocycles. The van der Waals surface area contributed by atoms with Crippen LogP contribution in [0.5, 0.6) is 0 Å². The summed E-state index contributed by atoms with van der Waals surface area (Å²) in [6.07, 6.45) is 7.54. The van der Waals surface area contributed by atoms with E-state index in [9.17, 15) is 4.79 Å². The summed E-state index contributed by atoms with van der Waals surface area (Å²) in [5.41, 5.74) is -0.123. The average molecular weight is 425 g/mol. The van der Waals surface area contributed by atoms with Gasteiger partial charge in [0.05, 0.1) is 0 Å². The molecule has 3 nitrogen and oxygen atoms in total. The fraction of sp³-hybridized carbons (Fsp3) is 0.786. The van der Waals surface area contributed by atoms with Gasteiger partial charge in [-0.2, -0.15) is 6.41 Å². The number of nitrogens with one attached hydrogen (secondary N) is 1. The minimum atomic E-state index is -0.123. The van der Waals surface area contributed by atoms with Crippen LogP contribution in [-0.2, 0) is 30.7 Å². The predicted molar refractivity (Wildman–Crippen MR) is 72.2 cm³/mol. The first kappa shape index (κ1) is 23.0. The van der Waals surface area contributed by atoms with Crippen LogP contribution in [-0.4, -0.2) is 19.2 Å². The molecule has 18 heavy (non-hydrogen) atoms. The van der Waals surface area contributed by atoms with E-state index in [1.807, 2.05) is 20.8 Å². The molecule has 1 rings (SSSR count). The third-order valence-corrected chi connectivity index (χ3v) is 2.82. The van der Waals surface area contributed by atoms with Crippen LogP contribution in [0.3, 0.4) is 0 Å². The molecule has 0 atom stereocenters. The maximum Gasteiger partial charge on any atom is 2.00 e. The van der Waals surface area contributed by atoms with E-state index in [4.69, 9.17) is 4.79 Å². The first-order chi connectivity index (χ1) is 7.43. The van der Waals surface area contributed by atoms with E-state index >= 15 is 0 Å². The molecular weight excluding hydrogens is 398 g/mol. The monoisotopic (exact) mass is 425 g/mol. The normalized spacial score (nSPS) is 15.1. The first-order valence-corrected chi connectivity index (χ1v) is 6.01. The van der Waals surface area contributed by atoms with Gasteiger partial charge in [0, 0.05) is 11.3 Å². The Labute approximate surface area is 127 Å². The van der Waals surface area contributed by atoms with Crippen LogP contribution in [0.25, 0.3) is 0 Å². The number of hydrogen-bond donors (Lipinski definition) is 1. The minimum absolute atomic E-state index is 0. The van der Waals surface area contributed by atoms with Gasteiger partial charge >= 0.3 is 21.1 Å². The van der Waals surface area contributed by atoms with Crippen molar-refractivity contribution in [3.8, 4) is 0 Å². The van der Waals surface area contributed by atoms with Gasteiger partial charge in [-0.25, -0.2) is 0 Å². The van der Waals surface area contributed by atoms with Crippen LogP contribution in [0.1, 0.15) is 52.9 Å². The molecule has 1 amide bonds. The van der Waals surface area contributed by atoms with Gasteiger partial charge in [0.1, 0.15) is 5.78 Å². The van der Waals surface area contributed by atoms with E-state index in [-0.39, 0.29) is 33.9 Å². The summed E-state index contributed by atoms with van der Waals surface area (Å²) in [5, 5.41) is 2.12. The molecule has 1 N–H and O–H groups in total. The fourth-order valence-corrected chi connectivity index (χ4v) is 1.98. The number of amides is 1. The van der Waals surface area contributed by atoms with Crippen LogP contribution in [0, 0.1) is 18.8 Å². The molecule has 0 unspecified atom stereocenters. The van der Waals surface area contributed by atoms with Gasteiger partial charge in [0.2, 0.25) is 0 Å². The third kappa shape index (κ3) is 9.82. The molecule has 0 heterocycles. The summed E-state index contributed by atoms with van der Waals surface area (Å²) >= 11 is 0. The van der Waals surface area contributed by atoms with Crippen molar-refractivity contribution in [1.29, 1.82) is 0 Å². The van der Waals surface area contributed by atoms with E-state index in [0.717, 1.165) is 12.8 Å². The molecule has 0 aromatic carbocycles. The average Bonchev–Trinajstić information content (AvgIpc) is 2.28. The summed E-state index contributed by atoms with van der Waals surface area (Å²) < 4.78 is 0. The number of carbonyl (C=O) groups is 1. The van der Waals surface area contributed by atoms with Crippen LogP contribution in [0.4, 0.5) is 0 Å². The standard InChI is InChI=1S/C11H20O.C2H4NO.CH3.W/c1-11(2,3)10(12)9-7-5-4-6-8-9;1-3-2-4;;/h9H,4-8H2,1-3H3;1H3,(H,3,4);1H3;/q;2*-1;+2. The number of Topliss-reactive ketones (excluding diaryl/α,β-unsaturated/α-hetero) is 1. The minimum Gasteiger partial charge on any atom is -0.532 e. The summed E-state index contributed by atoms with van der Waals surface area (Å²) in [5.74, 6) is 0.848. The van der Waals surface area contributed by atoms with E-state index in [1.165, 1.54) is 32.7 Å². The molecule has 1 fully saturated rings. The Balaban J connectivity index is -0.000000332. The number of carbonyl (C=O) groups excluding carboxylic acids is 2. The summed E-state index contributed by atoms with van der Waals surface area (Å²) in [4.78, 5) is 20.8. The smallest absolute Gasteiger partial charge is 0.532 e. The maximum absolute atomic E-state index is 11.8. The van der Waals surface area contributed by atoms with Crippen molar-refractivity contribution < 1.29 is 30.7 Å². The van der Waals surface area contributed by atoms with Gasteiger partial charge in [0.15, 0.2) is 0 Å². The number of hydrogen-bond acceptors (Lipinski definition) is 2. The molecule has 0 bridgehead atoms. The Hall–Kier alpha value is -0.172. The van der Waals surface area contributed by atoms with Gasteiger partial charge < -0.3 is 17.5 Å². The van der Waals surface area contributed by atoms with Crippen LogP contribution >= 0.6 is 0 Å². The first-order valence-electron chi connectivity index (χ1n) is 6.01. The molecule has 1 saturated carbocycles. The van der Waals surface area contributed by atoms with Crippen LogP contribution in [0.2, 0.25) is 0 Å². The Morgan fingerprint density at radius 1 is 1.17 bits per heavy atom. The van der Waals surface area contributed by atoms with Crippen molar-refractivity contribution in [1.82, 2.24) is 5.32 Å². The van der Waals surface area contributed by atoms with Crippen molar-refractivity contribution in [2.24, 2.45) is 11.3 Å². The second-order valence-corrected chi connectivity index (χ2v) is 5.30. The molecule has 1 aliphatic carbocycles. The molecule has 1 aliphatic rings. The van der Waals surface area contributed by atoms with Gasteiger partial charge in [-0.05, 0) is 19.9 Å². The van der Waals surface area contributed by atoms with E-state index in [1.54, 1.807) is 0 Å². The van der Waals surface area contributed by atoms with Crippen molar-refractivity contribution in [2.45, 2.75) is 52.9 Å². The molecule has 0 radical (unpaired) electrons. The summed E-state index contributed by atoms with van der Waals surface area (Å²) in [6, 6.07) is 0. The number of rotatable bonds is 2. The van der Waals surface area contributed by atoms with Crippen molar-refractivity contribution in [3.63, 3.8) is 0 Å². The Bertz CT molecular complexity index is 218. The maximum atomic E-state index is 11.8. The molecule has 0 saturated heterocycles. The predicted octanol–water partition coefficient (Wildman–Crippen LogP) is 2.90. The fourth-order valence-electron chi connectivity index (χ4n) is 1.98. The van der Waals surface area contributed by atoms with E-state index in [2.05, 4.69) is 5.32 Å². The largest absolute Gasteiger partial charge is 2.00 e. The van der Waals surface area contributed by atoms with Crippen LogP contribution < -0.4 is 5.32 Å². The van der Waals surface area contributed by atoms with Gasteiger partial charge in [-0.3, -0.25) is 4.79 Å². The second-order valence-electron chi connectivity index (χ2n) is 5.30. The van der Waals surface area contributed by atoms with E-state index in [0.29, 0.717) is 11.7 Å². The molecule has 0 spiro atoms. The summed E-state index contributed by atoms with van der Waals surface area (Å²) in [6.45, 7) is 6.10.